The van der Waals surface area contributed by atoms with Crippen LogP contribution in [0.5, 0.6) is 5.75 Å². The summed E-state index contributed by atoms with van der Waals surface area (Å²) in [5.41, 5.74) is 2.29. The lowest BCUT2D eigenvalue weighted by Crippen LogP contribution is -2.18. The summed E-state index contributed by atoms with van der Waals surface area (Å²) in [5.74, 6) is 0.891. The summed E-state index contributed by atoms with van der Waals surface area (Å²) in [4.78, 5) is 0. The Labute approximate surface area is 127 Å². The van der Waals surface area contributed by atoms with Gasteiger partial charge >= 0.3 is 0 Å². The summed E-state index contributed by atoms with van der Waals surface area (Å²) in [6.07, 6.45) is 3.15. The van der Waals surface area contributed by atoms with Gasteiger partial charge in [0.25, 0.3) is 0 Å². The fraction of sp³-hybridized carbons (Fsp3) is 0.471. The van der Waals surface area contributed by atoms with Crippen LogP contribution in [-0.4, -0.2) is 16.9 Å². The third-order valence-corrected chi connectivity index (χ3v) is 3.89. The molecular weight excluding hydrogens is 262 g/mol. The average Bonchev–Trinajstić information content (AvgIpc) is 3.00. The van der Waals surface area contributed by atoms with Crippen molar-refractivity contribution in [3.8, 4) is 5.75 Å². The Morgan fingerprint density at radius 2 is 2.10 bits per heavy atom. The lowest BCUT2D eigenvalue weighted by molar-refractivity contribution is 0.413. The number of nitrogens with one attached hydrogen (secondary N) is 1. The first-order chi connectivity index (χ1) is 10.1. The van der Waals surface area contributed by atoms with Gasteiger partial charge in [-0.25, -0.2) is 0 Å². The minimum absolute atomic E-state index is 0.258. The monoisotopic (exact) mass is 287 g/mol. The topological polar surface area (TPSA) is 39.1 Å². The van der Waals surface area contributed by atoms with Crippen molar-refractivity contribution in [2.75, 3.05) is 7.11 Å². The van der Waals surface area contributed by atoms with Gasteiger partial charge in [0.05, 0.1) is 12.8 Å². The van der Waals surface area contributed by atoms with Crippen molar-refractivity contribution in [1.29, 1.82) is 0 Å². The number of nitrogens with zero attached hydrogens (tertiary/aromatic N) is 2. The molecular formula is C17H25N3O. The zero-order valence-corrected chi connectivity index (χ0v) is 13.3. The predicted octanol–water partition coefficient (Wildman–Crippen LogP) is 3.71. The molecule has 0 spiro atoms. The van der Waals surface area contributed by atoms with E-state index in [2.05, 4.69) is 55.6 Å². The molecule has 0 bridgehead atoms. The molecule has 0 saturated heterocycles. The number of benzene rings is 1. The van der Waals surface area contributed by atoms with Gasteiger partial charge in [-0.15, -0.1) is 0 Å². The molecule has 1 aromatic carbocycles. The molecule has 2 atom stereocenters. The Morgan fingerprint density at radius 3 is 2.81 bits per heavy atom. The molecule has 0 fully saturated rings. The Morgan fingerprint density at radius 1 is 1.29 bits per heavy atom. The smallest absolute Gasteiger partial charge is 0.119 e. The molecule has 0 aliphatic heterocycles. The van der Waals surface area contributed by atoms with E-state index in [9.17, 15) is 0 Å². The number of aromatic nitrogens is 2. The summed E-state index contributed by atoms with van der Waals surface area (Å²) < 4.78 is 7.30. The van der Waals surface area contributed by atoms with Gasteiger partial charge in [-0.3, -0.25) is 4.68 Å². The van der Waals surface area contributed by atoms with Crippen LogP contribution < -0.4 is 10.1 Å². The highest BCUT2D eigenvalue weighted by molar-refractivity contribution is 5.30. The number of ether oxygens (including phenoxy) is 1. The summed E-state index contributed by atoms with van der Waals surface area (Å²) in [6.45, 7) is 7.28. The van der Waals surface area contributed by atoms with Gasteiger partial charge in [-0.1, -0.05) is 19.1 Å². The largest absolute Gasteiger partial charge is 0.497 e. The summed E-state index contributed by atoms with van der Waals surface area (Å²) in [6, 6.07) is 10.9. The van der Waals surface area contributed by atoms with Crippen molar-refractivity contribution >= 4 is 0 Å². The summed E-state index contributed by atoms with van der Waals surface area (Å²) in [5, 5.41) is 8.12. The van der Waals surface area contributed by atoms with Crippen LogP contribution in [0, 0.1) is 0 Å². The molecule has 0 radical (unpaired) electrons. The maximum Gasteiger partial charge on any atom is 0.119 e. The third kappa shape index (κ3) is 4.08. The van der Waals surface area contributed by atoms with Gasteiger partial charge in [0.15, 0.2) is 0 Å². The Kier molecular flexibility index (Phi) is 5.39. The highest BCUT2D eigenvalue weighted by atomic mass is 16.5. The second-order valence-corrected chi connectivity index (χ2v) is 5.42. The van der Waals surface area contributed by atoms with Crippen molar-refractivity contribution in [2.24, 2.45) is 0 Å². The molecule has 1 aromatic heterocycles. The predicted molar refractivity (Wildman–Crippen MR) is 85.5 cm³/mol. The van der Waals surface area contributed by atoms with Gasteiger partial charge in [-0.2, -0.15) is 5.10 Å². The standard InChI is InChI=1S/C17H25N3O/c1-5-13(2)20-10-9-16(19-20)12-18-14(3)15-7-6-8-17(11-15)21-4/h6-11,13-14,18H,5,12H2,1-4H3/t13?,14-/m1/s1. The van der Waals surface area contributed by atoms with E-state index >= 15 is 0 Å². The molecule has 0 saturated carbocycles. The van der Waals surface area contributed by atoms with Crippen LogP contribution in [0.2, 0.25) is 0 Å². The van der Waals surface area contributed by atoms with Crippen LogP contribution in [0.25, 0.3) is 0 Å². The van der Waals surface area contributed by atoms with E-state index in [0.717, 1.165) is 24.4 Å². The number of hydrogen-bond donors (Lipinski definition) is 1. The van der Waals surface area contributed by atoms with Crippen molar-refractivity contribution in [3.05, 3.63) is 47.8 Å². The van der Waals surface area contributed by atoms with Crippen LogP contribution in [0.15, 0.2) is 36.5 Å². The van der Waals surface area contributed by atoms with Gasteiger partial charge in [0.2, 0.25) is 0 Å². The van der Waals surface area contributed by atoms with Crippen LogP contribution in [0.4, 0.5) is 0 Å². The second kappa shape index (κ2) is 7.27. The van der Waals surface area contributed by atoms with Crippen molar-refractivity contribution in [3.63, 3.8) is 0 Å². The number of hydrogen-bond acceptors (Lipinski definition) is 3. The van der Waals surface area contributed by atoms with E-state index in [4.69, 9.17) is 4.74 Å². The Bertz CT molecular complexity index is 565. The van der Waals surface area contributed by atoms with Crippen LogP contribution in [0.3, 0.4) is 0 Å². The maximum atomic E-state index is 5.27. The van der Waals surface area contributed by atoms with E-state index in [1.807, 2.05) is 16.8 Å². The van der Waals surface area contributed by atoms with Gasteiger partial charge in [0.1, 0.15) is 5.75 Å². The van der Waals surface area contributed by atoms with E-state index < -0.39 is 0 Å². The van der Waals surface area contributed by atoms with Crippen LogP contribution in [0.1, 0.15) is 50.5 Å². The molecule has 0 amide bonds. The van der Waals surface area contributed by atoms with Gasteiger partial charge in [-0.05, 0) is 44.0 Å². The van der Waals surface area contributed by atoms with E-state index in [1.165, 1.54) is 5.56 Å². The zero-order valence-electron chi connectivity index (χ0n) is 13.3. The van der Waals surface area contributed by atoms with Gasteiger partial charge in [0, 0.05) is 24.8 Å². The molecule has 1 unspecified atom stereocenters. The van der Waals surface area contributed by atoms with Crippen LogP contribution in [-0.2, 0) is 6.54 Å². The first kappa shape index (κ1) is 15.6. The molecule has 1 heterocycles. The molecule has 21 heavy (non-hydrogen) atoms. The summed E-state index contributed by atoms with van der Waals surface area (Å²) in [7, 11) is 1.69. The van der Waals surface area contributed by atoms with Crippen molar-refractivity contribution < 1.29 is 4.74 Å². The lowest BCUT2D eigenvalue weighted by atomic mass is 10.1. The van der Waals surface area contributed by atoms with Crippen molar-refractivity contribution in [1.82, 2.24) is 15.1 Å². The fourth-order valence-corrected chi connectivity index (χ4v) is 2.19. The Hall–Kier alpha value is -1.81. The van der Waals surface area contributed by atoms with Crippen molar-refractivity contribution in [2.45, 2.75) is 45.8 Å². The highest BCUT2D eigenvalue weighted by Gasteiger charge is 2.08. The number of rotatable bonds is 7. The first-order valence-corrected chi connectivity index (χ1v) is 7.55. The first-order valence-electron chi connectivity index (χ1n) is 7.55. The van der Waals surface area contributed by atoms with Gasteiger partial charge < -0.3 is 10.1 Å². The quantitative estimate of drug-likeness (QED) is 0.843. The Balaban J connectivity index is 1.94. The van der Waals surface area contributed by atoms with E-state index in [0.29, 0.717) is 6.04 Å². The number of methoxy groups -OCH3 is 1. The highest BCUT2D eigenvalue weighted by Crippen LogP contribution is 2.19. The van der Waals surface area contributed by atoms with E-state index in [1.54, 1.807) is 7.11 Å². The second-order valence-electron chi connectivity index (χ2n) is 5.42. The van der Waals surface area contributed by atoms with E-state index in [-0.39, 0.29) is 6.04 Å². The summed E-state index contributed by atoms with van der Waals surface area (Å²) >= 11 is 0. The fourth-order valence-electron chi connectivity index (χ4n) is 2.19. The molecule has 0 aliphatic rings. The van der Waals surface area contributed by atoms with Crippen LogP contribution >= 0.6 is 0 Å². The normalized spacial score (nSPS) is 13.9. The molecule has 114 valence electrons. The molecule has 2 aromatic rings. The molecule has 1 N–H and O–H groups in total. The molecule has 4 nitrogen and oxygen atoms in total. The minimum atomic E-state index is 0.258. The average molecular weight is 287 g/mol. The SMILES string of the molecule is CCC(C)n1ccc(CN[C@H](C)c2cccc(OC)c2)n1. The lowest BCUT2D eigenvalue weighted by Gasteiger charge is -2.14. The molecule has 0 aliphatic carbocycles. The zero-order chi connectivity index (χ0) is 15.2. The molecule has 4 heteroatoms. The third-order valence-electron chi connectivity index (χ3n) is 3.89. The maximum absolute atomic E-state index is 5.27. The molecule has 2 rings (SSSR count). The minimum Gasteiger partial charge on any atom is -0.497 e.